The fraction of sp³-hybridized carbons (Fsp3) is 0.238. The van der Waals surface area contributed by atoms with Crippen molar-refractivity contribution < 1.29 is 5.02 Å². The molecule has 0 aliphatic carbocycles. The topological polar surface area (TPSA) is 20.2 Å². The number of aryl methyl sites for hydroxylation is 3. The van der Waals surface area contributed by atoms with E-state index in [1.807, 2.05) is 0 Å². The Balaban J connectivity index is 1.52. The first kappa shape index (κ1) is 14.5. The van der Waals surface area contributed by atoms with Crippen LogP contribution in [-0.2, 0) is 19.3 Å². The fourth-order valence-corrected chi connectivity index (χ4v) is 3.66. The van der Waals surface area contributed by atoms with Crippen molar-refractivity contribution in [3.63, 3.8) is 0 Å². The summed E-state index contributed by atoms with van der Waals surface area (Å²) in [6, 6.07) is 21.9. The number of hydrogen-bond donors (Lipinski definition) is 1. The summed E-state index contributed by atoms with van der Waals surface area (Å²) in [4.78, 5) is 0. The van der Waals surface area contributed by atoms with E-state index in [4.69, 9.17) is 0 Å². The van der Waals surface area contributed by atoms with Crippen LogP contribution in [0.25, 0.3) is 10.8 Å². The molecule has 0 spiro atoms. The quantitative estimate of drug-likeness (QED) is 0.730. The Bertz CT molecular complexity index is 840. The average Bonchev–Trinajstić information content (AvgIpc) is 2.60. The van der Waals surface area contributed by atoms with E-state index >= 15 is 0 Å². The number of rotatable bonds is 3. The minimum Gasteiger partial charge on any atom is -0.446 e. The van der Waals surface area contributed by atoms with Crippen molar-refractivity contribution in [2.24, 2.45) is 0 Å². The molecule has 0 amide bonds. The maximum Gasteiger partial charge on any atom is 0.323 e. The van der Waals surface area contributed by atoms with E-state index < -0.39 is 0 Å². The molecule has 0 saturated carbocycles. The smallest absolute Gasteiger partial charge is 0.323 e. The van der Waals surface area contributed by atoms with E-state index in [1.54, 1.807) is 0 Å². The summed E-state index contributed by atoms with van der Waals surface area (Å²) in [5, 5.41) is 12.8. The van der Waals surface area contributed by atoms with Gasteiger partial charge in [0.1, 0.15) is 0 Å². The molecule has 0 saturated heterocycles. The molecule has 4 rings (SSSR count). The van der Waals surface area contributed by atoms with Crippen LogP contribution < -0.4 is 5.46 Å². The third kappa shape index (κ3) is 3.04. The zero-order chi connectivity index (χ0) is 15.6. The highest BCUT2D eigenvalue weighted by atomic mass is 16.2. The van der Waals surface area contributed by atoms with Crippen LogP contribution in [0.3, 0.4) is 0 Å². The minimum absolute atomic E-state index is 0.264. The Morgan fingerprint density at radius 2 is 1.57 bits per heavy atom. The molecular formula is C21H21BO. The van der Waals surface area contributed by atoms with Crippen molar-refractivity contribution >= 4 is 23.2 Å². The maximum atomic E-state index is 10.2. The van der Waals surface area contributed by atoms with Gasteiger partial charge in [0, 0.05) is 0 Å². The number of hydrogen-bond acceptors (Lipinski definition) is 1. The lowest BCUT2D eigenvalue weighted by Gasteiger charge is -2.19. The molecule has 3 aromatic carbocycles. The molecule has 0 fully saturated rings. The van der Waals surface area contributed by atoms with E-state index in [0.717, 1.165) is 37.5 Å². The molecule has 0 bridgehead atoms. The third-order valence-corrected chi connectivity index (χ3v) is 5.01. The van der Waals surface area contributed by atoms with Gasteiger partial charge in [-0.2, -0.15) is 0 Å². The Kier molecular flexibility index (Phi) is 3.93. The van der Waals surface area contributed by atoms with Crippen LogP contribution >= 0.6 is 0 Å². The van der Waals surface area contributed by atoms with Gasteiger partial charge in [0.2, 0.25) is 0 Å². The first-order chi connectivity index (χ1) is 11.3. The number of benzene rings is 3. The van der Waals surface area contributed by atoms with Crippen molar-refractivity contribution in [1.82, 2.24) is 0 Å². The van der Waals surface area contributed by atoms with E-state index in [-0.39, 0.29) is 6.92 Å². The minimum atomic E-state index is -0.264. The lowest BCUT2D eigenvalue weighted by atomic mass is 9.53. The molecule has 0 aromatic heterocycles. The monoisotopic (exact) mass is 300 g/mol. The Morgan fingerprint density at radius 3 is 2.43 bits per heavy atom. The van der Waals surface area contributed by atoms with Crippen molar-refractivity contribution in [2.75, 3.05) is 0 Å². The van der Waals surface area contributed by atoms with Gasteiger partial charge < -0.3 is 5.02 Å². The third-order valence-electron chi connectivity index (χ3n) is 5.01. The van der Waals surface area contributed by atoms with Crippen molar-refractivity contribution in [3.05, 3.63) is 77.4 Å². The summed E-state index contributed by atoms with van der Waals surface area (Å²) in [5.41, 5.74) is 5.20. The molecule has 0 radical (unpaired) electrons. The van der Waals surface area contributed by atoms with Crippen molar-refractivity contribution in [2.45, 2.75) is 32.0 Å². The molecule has 0 atom stereocenters. The molecular weight excluding hydrogens is 279 g/mol. The molecule has 1 aliphatic rings. The molecule has 1 N–H and O–H groups in total. The second-order valence-electron chi connectivity index (χ2n) is 6.62. The van der Waals surface area contributed by atoms with E-state index in [0.29, 0.717) is 0 Å². The lowest BCUT2D eigenvalue weighted by molar-refractivity contribution is 0.574. The van der Waals surface area contributed by atoms with Crippen LogP contribution in [0.1, 0.15) is 23.1 Å². The van der Waals surface area contributed by atoms with Gasteiger partial charge in [-0.1, -0.05) is 72.6 Å². The summed E-state index contributed by atoms with van der Waals surface area (Å²) in [6.07, 6.45) is 5.18. The zero-order valence-electron chi connectivity index (χ0n) is 13.3. The number of fused-ring (bicyclic) bond motifs is 2. The van der Waals surface area contributed by atoms with Crippen LogP contribution in [0.2, 0.25) is 6.32 Å². The highest BCUT2D eigenvalue weighted by Crippen LogP contribution is 2.18. The van der Waals surface area contributed by atoms with E-state index in [2.05, 4.69) is 60.7 Å². The van der Waals surface area contributed by atoms with Crippen LogP contribution in [-0.4, -0.2) is 11.9 Å². The van der Waals surface area contributed by atoms with Gasteiger partial charge in [-0.05, 0) is 52.9 Å². The molecule has 23 heavy (non-hydrogen) atoms. The fourth-order valence-electron chi connectivity index (χ4n) is 3.66. The summed E-state index contributed by atoms with van der Waals surface area (Å²) >= 11 is 0. The van der Waals surface area contributed by atoms with Gasteiger partial charge in [0.25, 0.3) is 0 Å². The predicted octanol–water partition coefficient (Wildman–Crippen LogP) is 3.76. The Hall–Kier alpha value is -2.06. The highest BCUT2D eigenvalue weighted by molar-refractivity contribution is 6.67. The summed E-state index contributed by atoms with van der Waals surface area (Å²) in [5.74, 6) is 0. The van der Waals surface area contributed by atoms with E-state index in [1.165, 1.54) is 27.5 Å². The van der Waals surface area contributed by atoms with Crippen LogP contribution in [0.5, 0.6) is 0 Å². The molecule has 1 aliphatic heterocycles. The average molecular weight is 300 g/mol. The van der Waals surface area contributed by atoms with Crippen molar-refractivity contribution in [3.8, 4) is 0 Å². The second-order valence-corrected chi connectivity index (χ2v) is 6.62. The van der Waals surface area contributed by atoms with Gasteiger partial charge in [0.05, 0.1) is 0 Å². The molecule has 0 unspecified atom stereocenters. The lowest BCUT2D eigenvalue weighted by Crippen LogP contribution is -2.36. The largest absolute Gasteiger partial charge is 0.446 e. The standard InChI is InChI=1S/C21H21BO/c23-22-13-3-6-19-12-10-17(15-21(19)22)8-7-16-9-11-18-4-1-2-5-20(18)14-16/h1-2,4-5,9-12,14-15,23H,3,6-8,13H2. The molecule has 1 nitrogen and oxygen atoms in total. The highest BCUT2D eigenvalue weighted by Gasteiger charge is 2.22. The molecule has 2 heteroatoms. The Labute approximate surface area is 138 Å². The Morgan fingerprint density at radius 1 is 0.826 bits per heavy atom. The van der Waals surface area contributed by atoms with Gasteiger partial charge in [-0.25, -0.2) is 0 Å². The summed E-state index contributed by atoms with van der Waals surface area (Å²) in [7, 11) is 0. The molecule has 114 valence electrons. The van der Waals surface area contributed by atoms with Crippen molar-refractivity contribution in [1.29, 1.82) is 0 Å². The maximum absolute atomic E-state index is 10.2. The molecule has 1 heterocycles. The normalized spacial score (nSPS) is 14.0. The zero-order valence-corrected chi connectivity index (χ0v) is 13.3. The summed E-state index contributed by atoms with van der Waals surface area (Å²) < 4.78 is 0. The van der Waals surface area contributed by atoms with Gasteiger partial charge in [-0.15, -0.1) is 0 Å². The second kappa shape index (κ2) is 6.21. The van der Waals surface area contributed by atoms with E-state index in [9.17, 15) is 5.02 Å². The van der Waals surface area contributed by atoms with Gasteiger partial charge >= 0.3 is 6.92 Å². The van der Waals surface area contributed by atoms with Crippen LogP contribution in [0, 0.1) is 0 Å². The summed E-state index contributed by atoms with van der Waals surface area (Å²) in [6.45, 7) is -0.264. The first-order valence-electron chi connectivity index (χ1n) is 8.57. The molecule has 3 aromatic rings. The van der Waals surface area contributed by atoms with Gasteiger partial charge in [-0.3, -0.25) is 0 Å². The predicted molar refractivity (Wildman–Crippen MR) is 98.5 cm³/mol. The SMILES string of the molecule is OB1CCCc2ccc(CCc3ccc4ccccc4c3)cc21. The van der Waals surface area contributed by atoms with Crippen LogP contribution in [0.4, 0.5) is 0 Å². The van der Waals surface area contributed by atoms with Crippen LogP contribution in [0.15, 0.2) is 60.7 Å². The van der Waals surface area contributed by atoms with Gasteiger partial charge in [0.15, 0.2) is 0 Å². The first-order valence-corrected chi connectivity index (χ1v) is 8.57.